The number of aromatic nitrogens is 4. The van der Waals surface area contributed by atoms with Crippen LogP contribution in [-0.2, 0) is 9.53 Å². The fourth-order valence-corrected chi connectivity index (χ4v) is 3.35. The van der Waals surface area contributed by atoms with E-state index < -0.39 is 0 Å². The molecule has 0 radical (unpaired) electrons. The Kier molecular flexibility index (Phi) is 5.53. The van der Waals surface area contributed by atoms with Crippen LogP contribution < -0.4 is 10.6 Å². The van der Waals surface area contributed by atoms with E-state index in [1.807, 2.05) is 56.3 Å². The van der Waals surface area contributed by atoms with E-state index in [1.165, 1.54) is 0 Å². The summed E-state index contributed by atoms with van der Waals surface area (Å²) in [5.41, 5.74) is 3.59. The monoisotopic (exact) mass is 392 g/mol. The highest BCUT2D eigenvalue weighted by molar-refractivity contribution is 5.92. The van der Waals surface area contributed by atoms with E-state index in [2.05, 4.69) is 25.9 Å². The molecule has 8 nitrogen and oxygen atoms in total. The van der Waals surface area contributed by atoms with Gasteiger partial charge >= 0.3 is 0 Å². The number of nitrogens with one attached hydrogen (secondary N) is 2. The second-order valence-corrected chi connectivity index (χ2v) is 7.19. The van der Waals surface area contributed by atoms with Crippen LogP contribution in [0.15, 0.2) is 42.5 Å². The lowest BCUT2D eigenvalue weighted by molar-refractivity contribution is -0.122. The molecule has 0 saturated carbocycles. The minimum absolute atomic E-state index is 0.0255. The van der Waals surface area contributed by atoms with E-state index in [-0.39, 0.29) is 11.8 Å². The number of benzene rings is 1. The van der Waals surface area contributed by atoms with Gasteiger partial charge in [-0.1, -0.05) is 0 Å². The predicted molar refractivity (Wildman–Crippen MR) is 111 cm³/mol. The number of carbonyl (C=O) groups excluding carboxylic acids is 1. The lowest BCUT2D eigenvalue weighted by atomic mass is 9.99. The van der Waals surface area contributed by atoms with Gasteiger partial charge in [-0.3, -0.25) is 4.79 Å². The van der Waals surface area contributed by atoms with Gasteiger partial charge in [-0.05, 0) is 69.2 Å². The van der Waals surface area contributed by atoms with Crippen molar-refractivity contribution in [1.82, 2.24) is 20.0 Å². The molecule has 0 unspecified atom stereocenters. The average Bonchev–Trinajstić information content (AvgIpc) is 3.08. The maximum atomic E-state index is 12.3. The number of anilines is 3. The minimum Gasteiger partial charge on any atom is -0.381 e. The molecule has 1 saturated heterocycles. The normalized spacial score (nSPS) is 14.6. The van der Waals surface area contributed by atoms with E-state index >= 15 is 0 Å². The topological polar surface area (TPSA) is 94.0 Å². The van der Waals surface area contributed by atoms with E-state index in [0.717, 1.165) is 35.6 Å². The van der Waals surface area contributed by atoms with E-state index in [0.29, 0.717) is 24.8 Å². The van der Waals surface area contributed by atoms with Gasteiger partial charge < -0.3 is 15.4 Å². The molecular formula is C21H24N6O2. The predicted octanol–water partition coefficient (Wildman–Crippen LogP) is 3.39. The SMILES string of the molecule is Cc1cc(C)n(-c2ccc(Nc3ccc(NC(=O)C4CCOCC4)cc3)nn2)n1. The Bertz CT molecular complexity index is 975. The number of nitrogens with zero attached hydrogens (tertiary/aromatic N) is 4. The summed E-state index contributed by atoms with van der Waals surface area (Å²) in [7, 11) is 0. The number of aryl methyl sites for hydroxylation is 2. The zero-order valence-electron chi connectivity index (χ0n) is 16.6. The summed E-state index contributed by atoms with van der Waals surface area (Å²) in [6, 6.07) is 13.3. The van der Waals surface area contributed by atoms with Crippen molar-refractivity contribution >= 4 is 23.1 Å². The second-order valence-electron chi connectivity index (χ2n) is 7.19. The number of amides is 1. The first-order chi connectivity index (χ1) is 14.1. The third kappa shape index (κ3) is 4.60. The molecule has 1 fully saturated rings. The third-order valence-electron chi connectivity index (χ3n) is 4.89. The summed E-state index contributed by atoms with van der Waals surface area (Å²) < 4.78 is 7.07. The van der Waals surface area contributed by atoms with Crippen LogP contribution in [0.2, 0.25) is 0 Å². The molecule has 3 heterocycles. The summed E-state index contributed by atoms with van der Waals surface area (Å²) in [5, 5.41) is 19.1. The smallest absolute Gasteiger partial charge is 0.227 e. The van der Waals surface area contributed by atoms with Crippen molar-refractivity contribution < 1.29 is 9.53 Å². The van der Waals surface area contributed by atoms with Crippen LogP contribution in [0.3, 0.4) is 0 Å². The van der Waals surface area contributed by atoms with Gasteiger partial charge in [0.2, 0.25) is 5.91 Å². The van der Waals surface area contributed by atoms with Gasteiger partial charge in [0.15, 0.2) is 11.6 Å². The van der Waals surface area contributed by atoms with Crippen molar-refractivity contribution in [3.8, 4) is 5.82 Å². The van der Waals surface area contributed by atoms with Gasteiger partial charge in [-0.25, -0.2) is 4.68 Å². The molecule has 8 heteroatoms. The molecule has 3 aromatic rings. The zero-order valence-corrected chi connectivity index (χ0v) is 16.6. The van der Waals surface area contributed by atoms with Gasteiger partial charge in [0, 0.05) is 36.2 Å². The summed E-state index contributed by atoms with van der Waals surface area (Å²) in [6.07, 6.45) is 1.55. The largest absolute Gasteiger partial charge is 0.381 e. The van der Waals surface area contributed by atoms with Gasteiger partial charge in [0.1, 0.15) is 0 Å². The molecule has 0 atom stereocenters. The Labute approximate surface area is 169 Å². The quantitative estimate of drug-likeness (QED) is 0.691. The van der Waals surface area contributed by atoms with Crippen LogP contribution in [0.5, 0.6) is 0 Å². The first-order valence-electron chi connectivity index (χ1n) is 9.71. The van der Waals surface area contributed by atoms with Crippen molar-refractivity contribution in [3.63, 3.8) is 0 Å². The molecule has 4 rings (SSSR count). The fourth-order valence-electron chi connectivity index (χ4n) is 3.35. The molecule has 0 bridgehead atoms. The summed E-state index contributed by atoms with van der Waals surface area (Å²) in [5.74, 6) is 1.39. The highest BCUT2D eigenvalue weighted by Crippen LogP contribution is 2.21. The molecule has 2 aromatic heterocycles. The van der Waals surface area contributed by atoms with Gasteiger partial charge in [0.05, 0.1) is 5.69 Å². The molecule has 0 aliphatic carbocycles. The van der Waals surface area contributed by atoms with Crippen LogP contribution in [0.1, 0.15) is 24.2 Å². The molecule has 1 aliphatic heterocycles. The van der Waals surface area contributed by atoms with Gasteiger partial charge in [-0.2, -0.15) is 5.10 Å². The van der Waals surface area contributed by atoms with Crippen LogP contribution >= 0.6 is 0 Å². The second kappa shape index (κ2) is 8.40. The van der Waals surface area contributed by atoms with Crippen LogP contribution in [-0.4, -0.2) is 39.1 Å². The Morgan fingerprint density at radius 3 is 2.38 bits per heavy atom. The lowest BCUT2D eigenvalue weighted by Gasteiger charge is -2.21. The van der Waals surface area contributed by atoms with Gasteiger partial charge in [0.25, 0.3) is 0 Å². The Morgan fingerprint density at radius 1 is 1.03 bits per heavy atom. The Balaban J connectivity index is 1.37. The fraction of sp³-hybridized carbons (Fsp3) is 0.333. The molecule has 1 aliphatic rings. The number of carbonyl (C=O) groups is 1. The number of hydrogen-bond donors (Lipinski definition) is 2. The van der Waals surface area contributed by atoms with Crippen molar-refractivity contribution in [2.75, 3.05) is 23.8 Å². The average molecular weight is 392 g/mol. The lowest BCUT2D eigenvalue weighted by Crippen LogP contribution is -2.28. The van der Waals surface area contributed by atoms with Crippen LogP contribution in [0.25, 0.3) is 5.82 Å². The minimum atomic E-state index is 0.0255. The Hall–Kier alpha value is -3.26. The van der Waals surface area contributed by atoms with Crippen LogP contribution in [0, 0.1) is 19.8 Å². The van der Waals surface area contributed by atoms with E-state index in [4.69, 9.17) is 4.74 Å². The number of ether oxygens (including phenoxy) is 1. The summed E-state index contributed by atoms with van der Waals surface area (Å²) in [6.45, 7) is 5.24. The van der Waals surface area contributed by atoms with E-state index in [1.54, 1.807) is 4.68 Å². The molecule has 0 spiro atoms. The zero-order chi connectivity index (χ0) is 20.2. The van der Waals surface area contributed by atoms with Gasteiger partial charge in [-0.15, -0.1) is 10.2 Å². The highest BCUT2D eigenvalue weighted by atomic mass is 16.5. The molecular weight excluding hydrogens is 368 g/mol. The molecule has 2 N–H and O–H groups in total. The third-order valence-corrected chi connectivity index (χ3v) is 4.89. The number of rotatable bonds is 5. The summed E-state index contributed by atoms with van der Waals surface area (Å²) >= 11 is 0. The first kappa shape index (κ1) is 19.1. The number of hydrogen-bond acceptors (Lipinski definition) is 6. The van der Waals surface area contributed by atoms with Crippen molar-refractivity contribution in [2.24, 2.45) is 5.92 Å². The first-order valence-corrected chi connectivity index (χ1v) is 9.71. The summed E-state index contributed by atoms with van der Waals surface area (Å²) in [4.78, 5) is 12.3. The maximum absolute atomic E-state index is 12.3. The molecule has 1 amide bonds. The Morgan fingerprint density at radius 2 is 1.76 bits per heavy atom. The standard InChI is InChI=1S/C21H24N6O2/c1-14-13-15(2)27(26-14)20-8-7-19(24-25-20)22-17-3-5-18(6-4-17)23-21(28)16-9-11-29-12-10-16/h3-8,13,16H,9-12H2,1-2H3,(H,22,24)(H,23,28). The van der Waals surface area contributed by atoms with Crippen molar-refractivity contribution in [3.05, 3.63) is 53.9 Å². The highest BCUT2D eigenvalue weighted by Gasteiger charge is 2.21. The molecule has 1 aromatic carbocycles. The van der Waals surface area contributed by atoms with E-state index in [9.17, 15) is 4.79 Å². The molecule has 29 heavy (non-hydrogen) atoms. The van der Waals surface area contributed by atoms with Crippen molar-refractivity contribution in [1.29, 1.82) is 0 Å². The van der Waals surface area contributed by atoms with Crippen molar-refractivity contribution in [2.45, 2.75) is 26.7 Å². The maximum Gasteiger partial charge on any atom is 0.227 e. The van der Waals surface area contributed by atoms with Crippen LogP contribution in [0.4, 0.5) is 17.2 Å². The molecule has 150 valence electrons.